The molecule has 1 saturated heterocycles. The van der Waals surface area contributed by atoms with Crippen molar-refractivity contribution in [2.24, 2.45) is 0 Å². The van der Waals surface area contributed by atoms with E-state index in [4.69, 9.17) is 9.72 Å². The summed E-state index contributed by atoms with van der Waals surface area (Å²) in [6.07, 6.45) is 0. The van der Waals surface area contributed by atoms with E-state index in [9.17, 15) is 0 Å². The van der Waals surface area contributed by atoms with Crippen molar-refractivity contribution in [3.63, 3.8) is 0 Å². The Morgan fingerprint density at radius 2 is 2.35 bits per heavy atom. The summed E-state index contributed by atoms with van der Waals surface area (Å²) in [5, 5.41) is 6.66. The second kappa shape index (κ2) is 7.93. The molecule has 1 atom stereocenters. The second-order valence-corrected chi connectivity index (χ2v) is 6.05. The SMILES string of the molecule is CCN1CCN(c2nc(CNCCOC)cs2)CC1C. The molecule has 114 valence electrons. The molecule has 0 aromatic carbocycles. The number of ether oxygens (including phenoxy) is 1. The van der Waals surface area contributed by atoms with Gasteiger partial charge in [-0.3, -0.25) is 4.90 Å². The van der Waals surface area contributed by atoms with Crippen LogP contribution in [0.5, 0.6) is 0 Å². The number of methoxy groups -OCH3 is 1. The van der Waals surface area contributed by atoms with Crippen molar-refractivity contribution < 1.29 is 4.74 Å². The first-order valence-corrected chi connectivity index (χ1v) is 8.25. The van der Waals surface area contributed by atoms with Crippen molar-refractivity contribution in [1.82, 2.24) is 15.2 Å². The van der Waals surface area contributed by atoms with Gasteiger partial charge in [-0.2, -0.15) is 0 Å². The summed E-state index contributed by atoms with van der Waals surface area (Å²) in [6.45, 7) is 11.4. The quantitative estimate of drug-likeness (QED) is 0.771. The van der Waals surface area contributed by atoms with Gasteiger partial charge in [0.05, 0.1) is 12.3 Å². The van der Waals surface area contributed by atoms with E-state index in [1.54, 1.807) is 18.4 Å². The highest BCUT2D eigenvalue weighted by Gasteiger charge is 2.23. The highest BCUT2D eigenvalue weighted by Crippen LogP contribution is 2.23. The van der Waals surface area contributed by atoms with Crippen molar-refractivity contribution in [3.8, 4) is 0 Å². The Balaban J connectivity index is 1.83. The number of anilines is 1. The van der Waals surface area contributed by atoms with Gasteiger partial charge in [0.1, 0.15) is 0 Å². The number of piperazine rings is 1. The lowest BCUT2D eigenvalue weighted by atomic mass is 10.2. The molecule has 2 rings (SSSR count). The van der Waals surface area contributed by atoms with Gasteiger partial charge in [-0.25, -0.2) is 4.98 Å². The fraction of sp³-hybridized carbons (Fsp3) is 0.786. The normalized spacial score (nSPS) is 20.6. The third kappa shape index (κ3) is 4.15. The maximum atomic E-state index is 5.02. The van der Waals surface area contributed by atoms with Crippen LogP contribution in [0.2, 0.25) is 0 Å². The third-order valence-electron chi connectivity index (χ3n) is 3.77. The summed E-state index contributed by atoms with van der Waals surface area (Å²) < 4.78 is 5.02. The van der Waals surface area contributed by atoms with E-state index in [0.29, 0.717) is 6.04 Å². The number of hydrogen-bond donors (Lipinski definition) is 1. The molecule has 1 aromatic rings. The van der Waals surface area contributed by atoms with E-state index in [2.05, 4.69) is 34.3 Å². The van der Waals surface area contributed by atoms with Crippen molar-refractivity contribution in [2.45, 2.75) is 26.4 Å². The summed E-state index contributed by atoms with van der Waals surface area (Å²) in [5.74, 6) is 0. The highest BCUT2D eigenvalue weighted by atomic mass is 32.1. The molecule has 20 heavy (non-hydrogen) atoms. The van der Waals surface area contributed by atoms with E-state index >= 15 is 0 Å². The average molecular weight is 298 g/mol. The summed E-state index contributed by atoms with van der Waals surface area (Å²) in [4.78, 5) is 9.68. The fourth-order valence-corrected chi connectivity index (χ4v) is 3.41. The number of likely N-dealkylation sites (N-methyl/N-ethyl adjacent to an activating group) is 1. The molecule has 5 nitrogen and oxygen atoms in total. The van der Waals surface area contributed by atoms with E-state index in [0.717, 1.165) is 56.7 Å². The Morgan fingerprint density at radius 1 is 1.50 bits per heavy atom. The fourth-order valence-electron chi connectivity index (χ4n) is 2.55. The van der Waals surface area contributed by atoms with Crippen LogP contribution in [-0.4, -0.2) is 62.4 Å². The molecule has 0 bridgehead atoms. The molecule has 0 amide bonds. The first kappa shape index (κ1) is 15.7. The van der Waals surface area contributed by atoms with Gasteiger partial charge in [0.25, 0.3) is 0 Å². The Hall–Kier alpha value is -0.690. The average Bonchev–Trinajstić information content (AvgIpc) is 2.92. The van der Waals surface area contributed by atoms with Gasteiger partial charge in [0.2, 0.25) is 0 Å². The van der Waals surface area contributed by atoms with Gasteiger partial charge in [-0.1, -0.05) is 6.92 Å². The lowest BCUT2D eigenvalue weighted by molar-refractivity contribution is 0.198. The third-order valence-corrected chi connectivity index (χ3v) is 4.72. The number of nitrogens with zero attached hydrogens (tertiary/aromatic N) is 3. The minimum Gasteiger partial charge on any atom is -0.383 e. The molecule has 1 aliphatic heterocycles. The molecule has 1 N–H and O–H groups in total. The molecule has 6 heteroatoms. The highest BCUT2D eigenvalue weighted by molar-refractivity contribution is 7.13. The van der Waals surface area contributed by atoms with E-state index in [1.807, 2.05) is 0 Å². The number of nitrogens with one attached hydrogen (secondary N) is 1. The molecule has 1 fully saturated rings. The van der Waals surface area contributed by atoms with E-state index in [1.165, 1.54) is 0 Å². The van der Waals surface area contributed by atoms with Crippen LogP contribution in [0.25, 0.3) is 0 Å². The van der Waals surface area contributed by atoms with Crippen LogP contribution >= 0.6 is 11.3 Å². The van der Waals surface area contributed by atoms with Crippen LogP contribution < -0.4 is 10.2 Å². The van der Waals surface area contributed by atoms with E-state index in [-0.39, 0.29) is 0 Å². The summed E-state index contributed by atoms with van der Waals surface area (Å²) >= 11 is 1.76. The van der Waals surface area contributed by atoms with Gasteiger partial charge in [0, 0.05) is 51.3 Å². The zero-order valence-corrected chi connectivity index (χ0v) is 13.6. The van der Waals surface area contributed by atoms with Crippen LogP contribution in [0.3, 0.4) is 0 Å². The molecule has 0 spiro atoms. The number of aromatic nitrogens is 1. The van der Waals surface area contributed by atoms with Crippen LogP contribution in [0, 0.1) is 0 Å². The smallest absolute Gasteiger partial charge is 0.185 e. The Labute approximate surface area is 125 Å². The molecule has 1 aromatic heterocycles. The summed E-state index contributed by atoms with van der Waals surface area (Å²) in [6, 6.07) is 0.612. The topological polar surface area (TPSA) is 40.6 Å². The Kier molecular flexibility index (Phi) is 6.22. The molecule has 0 radical (unpaired) electrons. The number of hydrogen-bond acceptors (Lipinski definition) is 6. The van der Waals surface area contributed by atoms with Crippen molar-refractivity contribution in [1.29, 1.82) is 0 Å². The van der Waals surface area contributed by atoms with Crippen molar-refractivity contribution >= 4 is 16.5 Å². The standard InChI is InChI=1S/C14H26N4OS/c1-4-17-6-7-18(10-12(17)2)14-16-13(11-20-14)9-15-5-8-19-3/h11-12,15H,4-10H2,1-3H3. The van der Waals surface area contributed by atoms with E-state index < -0.39 is 0 Å². The summed E-state index contributed by atoms with van der Waals surface area (Å²) in [7, 11) is 1.72. The van der Waals surface area contributed by atoms with Gasteiger partial charge in [-0.15, -0.1) is 11.3 Å². The Morgan fingerprint density at radius 3 is 3.05 bits per heavy atom. The van der Waals surface area contributed by atoms with Gasteiger partial charge in [-0.05, 0) is 13.5 Å². The molecular formula is C14H26N4OS. The molecule has 1 unspecified atom stereocenters. The number of rotatable bonds is 7. The Bertz CT molecular complexity index is 398. The lowest BCUT2D eigenvalue weighted by Crippen LogP contribution is -2.51. The van der Waals surface area contributed by atoms with Crippen LogP contribution in [0.1, 0.15) is 19.5 Å². The molecule has 0 aliphatic carbocycles. The van der Waals surface area contributed by atoms with Gasteiger partial charge in [0.15, 0.2) is 5.13 Å². The first-order chi connectivity index (χ1) is 9.74. The molecule has 1 aliphatic rings. The van der Waals surface area contributed by atoms with Crippen LogP contribution in [0.15, 0.2) is 5.38 Å². The molecule has 2 heterocycles. The van der Waals surface area contributed by atoms with Crippen LogP contribution in [0.4, 0.5) is 5.13 Å². The number of thiazole rings is 1. The van der Waals surface area contributed by atoms with Crippen molar-refractivity contribution in [2.75, 3.05) is 51.3 Å². The predicted octanol–water partition coefficient (Wildman–Crippen LogP) is 1.41. The van der Waals surface area contributed by atoms with Crippen molar-refractivity contribution in [3.05, 3.63) is 11.1 Å². The monoisotopic (exact) mass is 298 g/mol. The molecular weight excluding hydrogens is 272 g/mol. The minimum atomic E-state index is 0.612. The maximum Gasteiger partial charge on any atom is 0.185 e. The lowest BCUT2D eigenvalue weighted by Gasteiger charge is -2.39. The van der Waals surface area contributed by atoms with Gasteiger partial charge >= 0.3 is 0 Å². The minimum absolute atomic E-state index is 0.612. The second-order valence-electron chi connectivity index (χ2n) is 5.21. The predicted molar refractivity (Wildman–Crippen MR) is 84.6 cm³/mol. The molecule has 0 saturated carbocycles. The zero-order chi connectivity index (χ0) is 14.4. The summed E-state index contributed by atoms with van der Waals surface area (Å²) in [5.41, 5.74) is 1.13. The maximum absolute atomic E-state index is 5.02. The largest absolute Gasteiger partial charge is 0.383 e. The van der Waals surface area contributed by atoms with Crippen LogP contribution in [-0.2, 0) is 11.3 Å². The first-order valence-electron chi connectivity index (χ1n) is 7.37. The zero-order valence-electron chi connectivity index (χ0n) is 12.8. The van der Waals surface area contributed by atoms with Gasteiger partial charge < -0.3 is 15.0 Å².